The molecule has 1 aliphatic rings. The van der Waals surface area contributed by atoms with Gasteiger partial charge in [0, 0.05) is 11.4 Å². The lowest BCUT2D eigenvalue weighted by molar-refractivity contribution is 0.220. The fourth-order valence-electron chi connectivity index (χ4n) is 3.54. The molecule has 1 aromatic rings. The monoisotopic (exact) mass is 418 g/mol. The molecule has 1 aromatic heterocycles. The number of nitrogens with zero attached hydrogens (tertiary/aromatic N) is 2. The molecule has 0 amide bonds. The largest absolute Gasteiger partial charge is 0.268 e. The van der Waals surface area contributed by atoms with Crippen molar-refractivity contribution in [2.45, 2.75) is 71.2 Å². The number of halogens is 2. The summed E-state index contributed by atoms with van der Waals surface area (Å²) in [7, 11) is 0. The lowest BCUT2D eigenvalue weighted by Gasteiger charge is -2.35. The highest BCUT2D eigenvalue weighted by Crippen LogP contribution is 2.40. The van der Waals surface area contributed by atoms with Crippen LogP contribution in [0.15, 0.2) is 4.47 Å². The van der Waals surface area contributed by atoms with Crippen LogP contribution in [-0.4, -0.2) is 14.6 Å². The maximum atomic E-state index is 4.75. The molecule has 0 bridgehead atoms. The minimum absolute atomic E-state index is 0.657. The minimum atomic E-state index is 0.657. The van der Waals surface area contributed by atoms with Crippen molar-refractivity contribution in [1.82, 2.24) is 9.78 Å². The number of hydrogen-bond donors (Lipinski definition) is 0. The van der Waals surface area contributed by atoms with Gasteiger partial charge < -0.3 is 0 Å². The highest BCUT2D eigenvalue weighted by atomic mass is 79.9. The first-order valence-corrected chi connectivity index (χ1v) is 10.1. The summed E-state index contributed by atoms with van der Waals surface area (Å²) in [6.45, 7) is 10.1. The summed E-state index contributed by atoms with van der Waals surface area (Å²) < 4.78 is 3.44. The Hall–Kier alpha value is 0.170. The van der Waals surface area contributed by atoms with Crippen LogP contribution >= 0.6 is 31.9 Å². The summed E-state index contributed by atoms with van der Waals surface area (Å²) in [5.41, 5.74) is 2.60. The first-order valence-electron chi connectivity index (χ1n) is 8.35. The van der Waals surface area contributed by atoms with Gasteiger partial charge in [0.2, 0.25) is 0 Å². The smallest absolute Gasteiger partial charge is 0.0766 e. The van der Waals surface area contributed by atoms with Crippen LogP contribution in [0.5, 0.6) is 0 Å². The predicted molar refractivity (Wildman–Crippen MR) is 97.1 cm³/mol. The Bertz CT molecular complexity index is 468. The van der Waals surface area contributed by atoms with Crippen molar-refractivity contribution in [3.05, 3.63) is 15.9 Å². The molecular weight excluding hydrogens is 392 g/mol. The van der Waals surface area contributed by atoms with Crippen LogP contribution in [-0.2, 0) is 19.4 Å². The molecule has 1 fully saturated rings. The lowest BCUT2D eigenvalue weighted by atomic mass is 9.74. The van der Waals surface area contributed by atoms with Crippen molar-refractivity contribution in [3.63, 3.8) is 0 Å². The van der Waals surface area contributed by atoms with Crippen LogP contribution in [0.25, 0.3) is 0 Å². The van der Waals surface area contributed by atoms with E-state index in [-0.39, 0.29) is 0 Å². The maximum Gasteiger partial charge on any atom is 0.0766 e. The molecule has 0 radical (unpaired) electrons. The van der Waals surface area contributed by atoms with Gasteiger partial charge in [0.1, 0.15) is 0 Å². The van der Waals surface area contributed by atoms with Crippen LogP contribution in [0.3, 0.4) is 0 Å². The van der Waals surface area contributed by atoms with E-state index in [1.807, 2.05) is 0 Å². The van der Waals surface area contributed by atoms with Crippen LogP contribution in [0.2, 0.25) is 0 Å². The van der Waals surface area contributed by atoms with Gasteiger partial charge in [-0.1, -0.05) is 36.7 Å². The normalized spacial score (nSPS) is 26.5. The maximum absolute atomic E-state index is 4.75. The number of aryl methyl sites for hydroxylation is 2. The van der Waals surface area contributed by atoms with E-state index in [0.717, 1.165) is 37.1 Å². The summed E-state index contributed by atoms with van der Waals surface area (Å²) in [5.74, 6) is 2.42. The van der Waals surface area contributed by atoms with Gasteiger partial charge in [0.15, 0.2) is 0 Å². The zero-order valence-electron chi connectivity index (χ0n) is 13.7. The average molecular weight is 420 g/mol. The molecule has 3 atom stereocenters. The molecule has 3 unspecified atom stereocenters. The Morgan fingerprint density at radius 2 is 2.00 bits per heavy atom. The fourth-order valence-corrected chi connectivity index (χ4v) is 4.93. The molecule has 2 rings (SSSR count). The molecule has 0 N–H and O–H groups in total. The van der Waals surface area contributed by atoms with Gasteiger partial charge >= 0.3 is 0 Å². The second-order valence-electron chi connectivity index (χ2n) is 6.67. The van der Waals surface area contributed by atoms with Crippen LogP contribution < -0.4 is 0 Å². The van der Waals surface area contributed by atoms with Crippen molar-refractivity contribution >= 4 is 31.9 Å². The topological polar surface area (TPSA) is 17.8 Å². The van der Waals surface area contributed by atoms with E-state index >= 15 is 0 Å². The van der Waals surface area contributed by atoms with E-state index in [4.69, 9.17) is 5.10 Å². The van der Waals surface area contributed by atoms with Crippen molar-refractivity contribution in [2.24, 2.45) is 17.8 Å². The number of hydrogen-bond acceptors (Lipinski definition) is 1. The molecule has 1 saturated carbocycles. The molecule has 120 valence electrons. The molecule has 21 heavy (non-hydrogen) atoms. The fraction of sp³-hybridized carbons (Fsp3) is 0.824. The van der Waals surface area contributed by atoms with Crippen molar-refractivity contribution in [2.75, 3.05) is 0 Å². The van der Waals surface area contributed by atoms with E-state index in [2.05, 4.69) is 64.2 Å². The third-order valence-corrected chi connectivity index (χ3v) is 7.14. The van der Waals surface area contributed by atoms with Crippen LogP contribution in [0.1, 0.15) is 58.3 Å². The van der Waals surface area contributed by atoms with Crippen molar-refractivity contribution in [3.8, 4) is 0 Å². The standard InChI is InChI=1S/C17H28Br2N2/c1-5-15-17(19)16(21(6-2)20-15)10-13-9-12(11(3)4)7-8-14(13)18/h11-14H,5-10H2,1-4H3. The second kappa shape index (κ2) is 7.63. The van der Waals surface area contributed by atoms with Crippen molar-refractivity contribution < 1.29 is 0 Å². The highest BCUT2D eigenvalue weighted by Gasteiger charge is 2.31. The van der Waals surface area contributed by atoms with Gasteiger partial charge in [0.05, 0.1) is 15.9 Å². The molecular formula is C17H28Br2N2. The molecule has 1 aliphatic carbocycles. The Labute approximate surface area is 146 Å². The van der Waals surface area contributed by atoms with E-state index in [1.54, 1.807) is 0 Å². The number of rotatable bonds is 5. The summed E-state index contributed by atoms with van der Waals surface area (Å²) >= 11 is 7.73. The molecule has 2 nitrogen and oxygen atoms in total. The molecule has 0 aromatic carbocycles. The Morgan fingerprint density at radius 3 is 2.57 bits per heavy atom. The van der Waals surface area contributed by atoms with Gasteiger partial charge in [-0.05, 0) is 72.7 Å². The summed E-state index contributed by atoms with van der Waals surface area (Å²) in [6.07, 6.45) is 6.17. The summed E-state index contributed by atoms with van der Waals surface area (Å²) in [5, 5.41) is 4.75. The van der Waals surface area contributed by atoms with Gasteiger partial charge in [-0.3, -0.25) is 4.68 Å². The molecule has 0 spiro atoms. The SMILES string of the molecule is CCc1nn(CC)c(CC2CC(C(C)C)CCC2Br)c1Br. The van der Waals surface area contributed by atoms with E-state index < -0.39 is 0 Å². The third-order valence-electron chi connectivity index (χ3n) is 5.02. The second-order valence-corrected chi connectivity index (χ2v) is 8.64. The van der Waals surface area contributed by atoms with Gasteiger partial charge in [-0.25, -0.2) is 0 Å². The molecule has 0 aliphatic heterocycles. The Morgan fingerprint density at radius 1 is 1.29 bits per heavy atom. The van der Waals surface area contributed by atoms with Crippen LogP contribution in [0.4, 0.5) is 0 Å². The quantitative estimate of drug-likeness (QED) is 0.567. The van der Waals surface area contributed by atoms with E-state index in [9.17, 15) is 0 Å². The zero-order valence-corrected chi connectivity index (χ0v) is 16.9. The average Bonchev–Trinajstić information content (AvgIpc) is 2.77. The highest BCUT2D eigenvalue weighted by molar-refractivity contribution is 9.10. The third kappa shape index (κ3) is 3.93. The Balaban J connectivity index is 2.18. The first kappa shape index (κ1) is 17.5. The predicted octanol–water partition coefficient (Wildman–Crippen LogP) is 5.61. The van der Waals surface area contributed by atoms with E-state index in [0.29, 0.717) is 4.83 Å². The lowest BCUT2D eigenvalue weighted by Crippen LogP contribution is -2.29. The number of alkyl halides is 1. The molecule has 4 heteroatoms. The summed E-state index contributed by atoms with van der Waals surface area (Å²) in [6, 6.07) is 0. The number of aromatic nitrogens is 2. The van der Waals surface area contributed by atoms with Gasteiger partial charge in [-0.15, -0.1) is 0 Å². The Kier molecular flexibility index (Phi) is 6.37. The van der Waals surface area contributed by atoms with E-state index in [1.165, 1.54) is 35.1 Å². The minimum Gasteiger partial charge on any atom is -0.268 e. The molecule has 0 saturated heterocycles. The summed E-state index contributed by atoms with van der Waals surface area (Å²) in [4.78, 5) is 0.657. The first-order chi connectivity index (χ1) is 9.97. The van der Waals surface area contributed by atoms with Crippen molar-refractivity contribution in [1.29, 1.82) is 0 Å². The van der Waals surface area contributed by atoms with Crippen LogP contribution in [0, 0.1) is 17.8 Å². The van der Waals surface area contributed by atoms with Gasteiger partial charge in [0.25, 0.3) is 0 Å². The molecule has 1 heterocycles. The zero-order chi connectivity index (χ0) is 15.6. The van der Waals surface area contributed by atoms with Gasteiger partial charge in [-0.2, -0.15) is 5.10 Å².